The lowest BCUT2D eigenvalue weighted by Gasteiger charge is -2.20. The third-order valence-electron chi connectivity index (χ3n) is 3.78. The minimum absolute atomic E-state index is 0.0439. The molecule has 1 aromatic carbocycles. The molecule has 8 heteroatoms. The van der Waals surface area contributed by atoms with Gasteiger partial charge in [0.1, 0.15) is 11.5 Å². The summed E-state index contributed by atoms with van der Waals surface area (Å²) in [6, 6.07) is 5.74. The topological polar surface area (TPSA) is 105 Å². The Balaban J connectivity index is 1.95. The van der Waals surface area contributed by atoms with Crippen molar-refractivity contribution in [3.05, 3.63) is 35.6 Å². The lowest BCUT2D eigenvalue weighted by Crippen LogP contribution is -2.42. The predicted octanol–water partition coefficient (Wildman–Crippen LogP) is 0.194. The summed E-state index contributed by atoms with van der Waals surface area (Å²) >= 11 is 0. The van der Waals surface area contributed by atoms with Crippen LogP contribution in [0, 0.1) is 11.7 Å². The van der Waals surface area contributed by atoms with Gasteiger partial charge in [-0.3, -0.25) is 14.4 Å². The first-order valence-electron chi connectivity index (χ1n) is 7.53. The van der Waals surface area contributed by atoms with Gasteiger partial charge in [-0.1, -0.05) is 12.1 Å². The van der Waals surface area contributed by atoms with Crippen LogP contribution in [0.3, 0.4) is 0 Å². The van der Waals surface area contributed by atoms with E-state index in [0.29, 0.717) is 6.42 Å². The van der Waals surface area contributed by atoms with Crippen LogP contribution in [0.1, 0.15) is 18.4 Å². The molecule has 0 aliphatic carbocycles. The first-order valence-corrected chi connectivity index (χ1v) is 7.53. The van der Waals surface area contributed by atoms with Crippen LogP contribution in [0.15, 0.2) is 29.4 Å². The Morgan fingerprint density at radius 3 is 2.58 bits per heavy atom. The summed E-state index contributed by atoms with van der Waals surface area (Å²) in [6.07, 6.45) is 0.770. The summed E-state index contributed by atoms with van der Waals surface area (Å²) in [4.78, 5) is 35.0. The molecule has 2 rings (SSSR count). The molecular formula is C16H19FN4O3. The van der Waals surface area contributed by atoms with E-state index in [-0.39, 0.29) is 36.8 Å². The minimum atomic E-state index is -0.622. The van der Waals surface area contributed by atoms with Crippen LogP contribution in [0.5, 0.6) is 0 Å². The Morgan fingerprint density at radius 1 is 1.33 bits per heavy atom. The molecule has 0 fully saturated rings. The second-order valence-electron chi connectivity index (χ2n) is 5.60. The fourth-order valence-electron chi connectivity index (χ4n) is 2.33. The zero-order chi connectivity index (χ0) is 17.7. The smallest absolute Gasteiger partial charge is 0.267 e. The first-order chi connectivity index (χ1) is 11.4. The van der Waals surface area contributed by atoms with Crippen molar-refractivity contribution in [1.29, 1.82) is 0 Å². The molecule has 3 N–H and O–H groups in total. The maximum Gasteiger partial charge on any atom is 0.267 e. The van der Waals surface area contributed by atoms with Gasteiger partial charge in [0.15, 0.2) is 0 Å². The van der Waals surface area contributed by atoms with Crippen LogP contribution in [-0.2, 0) is 20.8 Å². The number of amides is 3. The Kier molecular flexibility index (Phi) is 5.62. The molecule has 0 aromatic heterocycles. The van der Waals surface area contributed by atoms with Gasteiger partial charge in [-0.15, -0.1) is 0 Å². The Bertz CT molecular complexity index is 672. The highest BCUT2D eigenvalue weighted by atomic mass is 19.1. The molecule has 1 aliphatic rings. The number of primary amides is 1. The van der Waals surface area contributed by atoms with Gasteiger partial charge in [-0.2, -0.15) is 5.10 Å². The van der Waals surface area contributed by atoms with Crippen molar-refractivity contribution in [1.82, 2.24) is 10.3 Å². The van der Waals surface area contributed by atoms with Crippen LogP contribution in [0.2, 0.25) is 0 Å². The Hall–Kier alpha value is -2.77. The number of hydrogen-bond acceptors (Lipinski definition) is 4. The summed E-state index contributed by atoms with van der Waals surface area (Å²) in [5.74, 6) is -2.13. The zero-order valence-corrected chi connectivity index (χ0v) is 13.3. The van der Waals surface area contributed by atoms with Gasteiger partial charge in [0, 0.05) is 26.4 Å². The molecule has 3 amide bonds. The van der Waals surface area contributed by atoms with E-state index in [1.165, 1.54) is 19.2 Å². The van der Waals surface area contributed by atoms with Gasteiger partial charge in [0.05, 0.1) is 5.92 Å². The van der Waals surface area contributed by atoms with Crippen molar-refractivity contribution in [2.45, 2.75) is 19.3 Å². The highest BCUT2D eigenvalue weighted by Gasteiger charge is 2.23. The van der Waals surface area contributed by atoms with E-state index in [1.807, 2.05) is 0 Å². The number of nitrogens with zero attached hydrogens (tertiary/aromatic N) is 2. The van der Waals surface area contributed by atoms with Gasteiger partial charge < -0.3 is 11.1 Å². The lowest BCUT2D eigenvalue weighted by atomic mass is 9.98. The maximum atomic E-state index is 12.9. The highest BCUT2D eigenvalue weighted by molar-refractivity contribution is 6.39. The largest absolute Gasteiger partial charge is 0.369 e. The van der Waals surface area contributed by atoms with Crippen LogP contribution in [0.25, 0.3) is 0 Å². The standard InChI is InChI=1S/C16H19FN4O3/c1-21-14(22)7-6-13(20-21)16(24)19-9-11(15(18)23)8-10-2-4-12(17)5-3-10/h2-5,11H,6-9H2,1H3,(H2,18,23)(H,19,24)/t11-/m0/s1. The molecule has 0 saturated carbocycles. The molecule has 1 atom stereocenters. The van der Waals surface area contributed by atoms with Gasteiger partial charge in [0.2, 0.25) is 11.8 Å². The molecule has 0 saturated heterocycles. The third-order valence-corrected chi connectivity index (χ3v) is 3.78. The zero-order valence-electron chi connectivity index (χ0n) is 13.3. The number of benzene rings is 1. The van der Waals surface area contributed by atoms with Crippen LogP contribution in [0.4, 0.5) is 4.39 Å². The molecule has 1 aliphatic heterocycles. The van der Waals surface area contributed by atoms with Crippen LogP contribution >= 0.6 is 0 Å². The quantitative estimate of drug-likeness (QED) is 0.776. The molecule has 0 bridgehead atoms. The monoisotopic (exact) mass is 334 g/mol. The van der Waals surface area contributed by atoms with Crippen molar-refractivity contribution >= 4 is 23.4 Å². The van der Waals surface area contributed by atoms with E-state index in [2.05, 4.69) is 10.4 Å². The number of nitrogens with one attached hydrogen (secondary N) is 1. The molecule has 128 valence electrons. The van der Waals surface area contributed by atoms with E-state index in [4.69, 9.17) is 5.73 Å². The van der Waals surface area contributed by atoms with Crippen molar-refractivity contribution in [2.24, 2.45) is 16.8 Å². The number of hydrazone groups is 1. The summed E-state index contributed by atoms with van der Waals surface area (Å²) < 4.78 is 12.9. The number of carbonyl (C=O) groups excluding carboxylic acids is 3. The van der Waals surface area contributed by atoms with E-state index < -0.39 is 17.7 Å². The molecule has 24 heavy (non-hydrogen) atoms. The summed E-state index contributed by atoms with van der Waals surface area (Å²) in [5.41, 5.74) is 6.36. The SMILES string of the molecule is CN1N=C(C(=O)NC[C@H](Cc2ccc(F)cc2)C(N)=O)CCC1=O. The normalized spacial score (nSPS) is 15.7. The first kappa shape index (κ1) is 17.6. The second-order valence-corrected chi connectivity index (χ2v) is 5.60. The van der Waals surface area contributed by atoms with Gasteiger partial charge in [-0.25, -0.2) is 9.40 Å². The molecule has 7 nitrogen and oxygen atoms in total. The number of hydrogen-bond donors (Lipinski definition) is 2. The third kappa shape index (κ3) is 4.61. The number of halogens is 1. The molecule has 1 heterocycles. The van der Waals surface area contributed by atoms with Crippen LogP contribution in [-0.4, -0.2) is 42.0 Å². The van der Waals surface area contributed by atoms with E-state index in [0.717, 1.165) is 10.6 Å². The van der Waals surface area contributed by atoms with Crippen LogP contribution < -0.4 is 11.1 Å². The summed E-state index contributed by atoms with van der Waals surface area (Å²) in [5, 5.41) is 7.66. The van der Waals surface area contributed by atoms with Gasteiger partial charge in [-0.05, 0) is 24.1 Å². The second kappa shape index (κ2) is 7.67. The fourth-order valence-corrected chi connectivity index (χ4v) is 2.33. The Labute approximate surface area is 138 Å². The number of rotatable bonds is 6. The maximum absolute atomic E-state index is 12.9. The lowest BCUT2D eigenvalue weighted by molar-refractivity contribution is -0.130. The fraction of sp³-hybridized carbons (Fsp3) is 0.375. The van der Waals surface area contributed by atoms with Crippen molar-refractivity contribution < 1.29 is 18.8 Å². The molecule has 0 unspecified atom stereocenters. The number of carbonyl (C=O) groups is 3. The van der Waals surface area contributed by atoms with Crippen molar-refractivity contribution in [2.75, 3.05) is 13.6 Å². The van der Waals surface area contributed by atoms with E-state index in [9.17, 15) is 18.8 Å². The van der Waals surface area contributed by atoms with Crippen molar-refractivity contribution in [3.8, 4) is 0 Å². The van der Waals surface area contributed by atoms with Crippen molar-refractivity contribution in [3.63, 3.8) is 0 Å². The average molecular weight is 334 g/mol. The predicted molar refractivity (Wildman–Crippen MR) is 85.2 cm³/mol. The molecule has 0 radical (unpaired) electrons. The Morgan fingerprint density at radius 2 is 2.00 bits per heavy atom. The number of nitrogens with two attached hydrogens (primary N) is 1. The van der Waals surface area contributed by atoms with Gasteiger partial charge in [0.25, 0.3) is 5.91 Å². The minimum Gasteiger partial charge on any atom is -0.369 e. The molecule has 0 spiro atoms. The summed E-state index contributed by atoms with van der Waals surface area (Å²) in [6.45, 7) is 0.0439. The molecular weight excluding hydrogens is 315 g/mol. The highest BCUT2D eigenvalue weighted by Crippen LogP contribution is 2.10. The van der Waals surface area contributed by atoms with E-state index in [1.54, 1.807) is 12.1 Å². The summed E-state index contributed by atoms with van der Waals surface area (Å²) in [7, 11) is 1.48. The van der Waals surface area contributed by atoms with Gasteiger partial charge >= 0.3 is 0 Å². The van der Waals surface area contributed by atoms with E-state index >= 15 is 0 Å². The molecule has 1 aromatic rings. The average Bonchev–Trinajstić information content (AvgIpc) is 2.55.